The predicted molar refractivity (Wildman–Crippen MR) is 35.8 cm³/mol. The maximum Gasteiger partial charge on any atom is 0.315 e. The highest BCUT2D eigenvalue weighted by atomic mass is 16.4. The van der Waals surface area contributed by atoms with E-state index in [9.17, 15) is 0 Å². The largest absolute Gasteiger partial charge is 0.408 e. The van der Waals surface area contributed by atoms with Gasteiger partial charge in [0.25, 0.3) is 0 Å². The molecule has 0 bridgehead atoms. The van der Waals surface area contributed by atoms with Crippen molar-refractivity contribution in [2.75, 3.05) is 12.4 Å². The molecule has 1 N–H and O–H groups in total. The maximum atomic E-state index is 5.22. The first kappa shape index (κ1) is 5.70. The van der Waals surface area contributed by atoms with E-state index in [1.54, 1.807) is 7.05 Å². The summed E-state index contributed by atoms with van der Waals surface area (Å²) in [5, 5.41) is 10.4. The molecule has 4 nitrogen and oxygen atoms in total. The summed E-state index contributed by atoms with van der Waals surface area (Å²) >= 11 is 0. The summed E-state index contributed by atoms with van der Waals surface area (Å²) in [6.45, 7) is 0. The van der Waals surface area contributed by atoms with Crippen molar-refractivity contribution in [3.05, 3.63) is 5.89 Å². The van der Waals surface area contributed by atoms with Crippen LogP contribution in [0.5, 0.6) is 0 Å². The van der Waals surface area contributed by atoms with E-state index in [4.69, 9.17) is 4.42 Å². The third-order valence-corrected chi connectivity index (χ3v) is 1.58. The zero-order valence-corrected chi connectivity index (χ0v) is 5.79. The Balaban J connectivity index is 2.19. The number of hydrogen-bond donors (Lipinski definition) is 1. The van der Waals surface area contributed by atoms with E-state index in [-0.39, 0.29) is 0 Å². The highest BCUT2D eigenvalue weighted by Gasteiger charge is 2.29. The Hall–Kier alpha value is -1.06. The molecule has 10 heavy (non-hydrogen) atoms. The molecule has 0 aliphatic heterocycles. The molecule has 1 aliphatic rings. The Morgan fingerprint density at radius 3 is 2.80 bits per heavy atom. The fourth-order valence-electron chi connectivity index (χ4n) is 0.831. The van der Waals surface area contributed by atoms with Crippen molar-refractivity contribution < 1.29 is 4.42 Å². The molecular formula is C6H9N3O. The van der Waals surface area contributed by atoms with Crippen molar-refractivity contribution >= 4 is 6.01 Å². The molecule has 4 heteroatoms. The fraction of sp³-hybridized carbons (Fsp3) is 0.667. The summed E-state index contributed by atoms with van der Waals surface area (Å²) in [6, 6.07) is 0.516. The van der Waals surface area contributed by atoms with Gasteiger partial charge in [0, 0.05) is 13.0 Å². The molecular weight excluding hydrogens is 130 g/mol. The summed E-state index contributed by atoms with van der Waals surface area (Å²) < 4.78 is 5.22. The van der Waals surface area contributed by atoms with E-state index in [2.05, 4.69) is 15.5 Å². The van der Waals surface area contributed by atoms with Gasteiger partial charge in [-0.15, -0.1) is 5.10 Å². The van der Waals surface area contributed by atoms with E-state index in [0.29, 0.717) is 11.9 Å². The molecule has 1 fully saturated rings. The molecule has 1 aromatic heterocycles. The van der Waals surface area contributed by atoms with Gasteiger partial charge in [0.05, 0.1) is 0 Å². The van der Waals surface area contributed by atoms with Gasteiger partial charge in [0.1, 0.15) is 0 Å². The monoisotopic (exact) mass is 139 g/mol. The minimum atomic E-state index is 0.516. The number of nitrogens with one attached hydrogen (secondary N) is 1. The Morgan fingerprint density at radius 2 is 2.30 bits per heavy atom. The first-order valence-electron chi connectivity index (χ1n) is 3.41. The van der Waals surface area contributed by atoms with Crippen LogP contribution in [0.4, 0.5) is 6.01 Å². The molecule has 0 amide bonds. The van der Waals surface area contributed by atoms with Gasteiger partial charge in [-0.05, 0) is 12.8 Å². The van der Waals surface area contributed by atoms with Crippen LogP contribution < -0.4 is 5.32 Å². The minimum Gasteiger partial charge on any atom is -0.408 e. The average molecular weight is 139 g/mol. The average Bonchev–Trinajstić information content (AvgIpc) is 2.70. The van der Waals surface area contributed by atoms with Crippen molar-refractivity contribution in [3.8, 4) is 0 Å². The van der Waals surface area contributed by atoms with Gasteiger partial charge in [-0.25, -0.2) is 0 Å². The smallest absolute Gasteiger partial charge is 0.315 e. The van der Waals surface area contributed by atoms with E-state index in [1.165, 1.54) is 12.8 Å². The lowest BCUT2D eigenvalue weighted by Gasteiger charge is -1.85. The number of hydrogen-bond acceptors (Lipinski definition) is 4. The van der Waals surface area contributed by atoms with Crippen LogP contribution >= 0.6 is 0 Å². The van der Waals surface area contributed by atoms with Gasteiger partial charge in [-0.1, -0.05) is 5.10 Å². The van der Waals surface area contributed by atoms with E-state index in [0.717, 1.165) is 5.89 Å². The third-order valence-electron chi connectivity index (χ3n) is 1.58. The van der Waals surface area contributed by atoms with E-state index < -0.39 is 0 Å². The second-order valence-corrected chi connectivity index (χ2v) is 2.47. The first-order valence-corrected chi connectivity index (χ1v) is 3.41. The zero-order chi connectivity index (χ0) is 6.97. The topological polar surface area (TPSA) is 51.0 Å². The number of nitrogens with zero attached hydrogens (tertiary/aromatic N) is 2. The second kappa shape index (κ2) is 1.97. The summed E-state index contributed by atoms with van der Waals surface area (Å²) in [6.07, 6.45) is 2.40. The lowest BCUT2D eigenvalue weighted by atomic mass is 10.4. The van der Waals surface area contributed by atoms with Gasteiger partial charge >= 0.3 is 6.01 Å². The third kappa shape index (κ3) is 0.853. The van der Waals surface area contributed by atoms with E-state index >= 15 is 0 Å². The molecule has 0 unspecified atom stereocenters. The molecule has 0 spiro atoms. The van der Waals surface area contributed by atoms with Crippen LogP contribution in [0.15, 0.2) is 4.42 Å². The standard InChI is InChI=1S/C6H9N3O/c1-7-6-9-8-5(10-6)4-2-3-4/h4H,2-3H2,1H3,(H,7,9). The highest BCUT2D eigenvalue weighted by molar-refractivity contribution is 5.16. The SMILES string of the molecule is CNc1nnc(C2CC2)o1. The Labute approximate surface area is 58.6 Å². The van der Waals surface area contributed by atoms with Crippen LogP contribution in [0.25, 0.3) is 0 Å². The molecule has 0 saturated heterocycles. The summed E-state index contributed by atoms with van der Waals surface area (Å²) in [4.78, 5) is 0. The summed E-state index contributed by atoms with van der Waals surface area (Å²) in [5.74, 6) is 1.33. The molecule has 1 saturated carbocycles. The number of rotatable bonds is 2. The molecule has 0 aromatic carbocycles. The second-order valence-electron chi connectivity index (χ2n) is 2.47. The number of aromatic nitrogens is 2. The molecule has 54 valence electrons. The zero-order valence-electron chi connectivity index (χ0n) is 5.79. The van der Waals surface area contributed by atoms with Crippen molar-refractivity contribution in [2.45, 2.75) is 18.8 Å². The Morgan fingerprint density at radius 1 is 1.50 bits per heavy atom. The summed E-state index contributed by atoms with van der Waals surface area (Å²) in [5.41, 5.74) is 0. The van der Waals surface area contributed by atoms with Gasteiger partial charge in [-0.2, -0.15) is 0 Å². The summed E-state index contributed by atoms with van der Waals surface area (Å²) in [7, 11) is 1.77. The number of anilines is 1. The van der Waals surface area contributed by atoms with Crippen LogP contribution in [-0.2, 0) is 0 Å². The van der Waals surface area contributed by atoms with Crippen molar-refractivity contribution in [2.24, 2.45) is 0 Å². The van der Waals surface area contributed by atoms with Crippen LogP contribution in [0, 0.1) is 0 Å². The van der Waals surface area contributed by atoms with E-state index in [1.807, 2.05) is 0 Å². The Bertz CT molecular complexity index is 229. The van der Waals surface area contributed by atoms with Crippen molar-refractivity contribution in [1.82, 2.24) is 10.2 Å². The van der Waals surface area contributed by atoms with Gasteiger partial charge < -0.3 is 9.73 Å². The van der Waals surface area contributed by atoms with Crippen molar-refractivity contribution in [3.63, 3.8) is 0 Å². The van der Waals surface area contributed by atoms with Crippen LogP contribution in [0.2, 0.25) is 0 Å². The van der Waals surface area contributed by atoms with Gasteiger partial charge in [0.2, 0.25) is 5.89 Å². The van der Waals surface area contributed by atoms with Gasteiger partial charge in [-0.3, -0.25) is 0 Å². The normalized spacial score (nSPS) is 17.3. The maximum absolute atomic E-state index is 5.22. The van der Waals surface area contributed by atoms with Crippen molar-refractivity contribution in [1.29, 1.82) is 0 Å². The van der Waals surface area contributed by atoms with Gasteiger partial charge in [0.15, 0.2) is 0 Å². The quantitative estimate of drug-likeness (QED) is 0.663. The lowest BCUT2D eigenvalue weighted by molar-refractivity contribution is 0.509. The fourth-order valence-corrected chi connectivity index (χ4v) is 0.831. The molecule has 1 aromatic rings. The lowest BCUT2D eigenvalue weighted by Crippen LogP contribution is -1.85. The van der Waals surface area contributed by atoms with Crippen LogP contribution in [0.3, 0.4) is 0 Å². The molecule has 2 rings (SSSR count). The molecule has 0 atom stereocenters. The Kier molecular flexibility index (Phi) is 1.12. The highest BCUT2D eigenvalue weighted by Crippen LogP contribution is 2.39. The van der Waals surface area contributed by atoms with Crippen LogP contribution in [0.1, 0.15) is 24.7 Å². The molecule has 1 heterocycles. The van der Waals surface area contributed by atoms with Crippen LogP contribution in [-0.4, -0.2) is 17.2 Å². The molecule has 0 radical (unpaired) electrons. The minimum absolute atomic E-state index is 0.516. The predicted octanol–water partition coefficient (Wildman–Crippen LogP) is 0.989. The molecule has 1 aliphatic carbocycles. The first-order chi connectivity index (χ1) is 4.90.